The fourth-order valence-corrected chi connectivity index (χ4v) is 5.99. The van der Waals surface area contributed by atoms with Crippen molar-refractivity contribution < 1.29 is 14.0 Å². The van der Waals surface area contributed by atoms with Crippen molar-refractivity contribution in [3.63, 3.8) is 0 Å². The Hall–Kier alpha value is -0.623. The molecule has 2 rings (SSSR count). The van der Waals surface area contributed by atoms with Gasteiger partial charge in [0.1, 0.15) is 4.88 Å². The number of esters is 1. The first-order valence-electron chi connectivity index (χ1n) is 10.1. The number of carbonyl (C=O) groups excluding carboxylic acids is 1. The summed E-state index contributed by atoms with van der Waals surface area (Å²) in [5.74, 6) is 1.23. The number of rotatable bonds is 7. The van der Waals surface area contributed by atoms with Gasteiger partial charge < -0.3 is 9.16 Å². The third-order valence-electron chi connectivity index (χ3n) is 6.49. The van der Waals surface area contributed by atoms with Crippen molar-refractivity contribution in [3.05, 3.63) is 28.0 Å². The summed E-state index contributed by atoms with van der Waals surface area (Å²) in [6.07, 6.45) is 6.28. The van der Waals surface area contributed by atoms with Gasteiger partial charge in [-0.05, 0) is 66.9 Å². The Balaban J connectivity index is 2.00. The molecule has 0 spiro atoms. The number of alkyl halides is 1. The topological polar surface area (TPSA) is 35.5 Å². The van der Waals surface area contributed by atoms with Gasteiger partial charge >= 0.3 is 5.97 Å². The minimum atomic E-state index is -1.75. The van der Waals surface area contributed by atoms with Crippen LogP contribution in [0.2, 0.25) is 18.1 Å². The summed E-state index contributed by atoms with van der Waals surface area (Å²) in [7, 11) is -0.344. The molecule has 1 fully saturated rings. The molecule has 0 amide bonds. The summed E-state index contributed by atoms with van der Waals surface area (Å²) in [5, 5.41) is 0.419. The minimum Gasteiger partial charge on any atom is -0.465 e. The third-order valence-corrected chi connectivity index (χ3v) is 12.5. The van der Waals surface area contributed by atoms with Gasteiger partial charge in [-0.25, -0.2) is 4.79 Å². The van der Waals surface area contributed by atoms with Crippen molar-refractivity contribution in [1.29, 1.82) is 0 Å². The molecule has 0 aliphatic heterocycles. The van der Waals surface area contributed by atoms with Crippen LogP contribution in [0.25, 0.3) is 6.08 Å². The van der Waals surface area contributed by atoms with Crippen LogP contribution in [-0.4, -0.2) is 33.4 Å². The van der Waals surface area contributed by atoms with E-state index < -0.39 is 8.32 Å². The zero-order valence-corrected chi connectivity index (χ0v) is 20.8. The third kappa shape index (κ3) is 5.71. The van der Waals surface area contributed by atoms with Crippen LogP contribution in [0.4, 0.5) is 0 Å². The van der Waals surface area contributed by atoms with E-state index >= 15 is 0 Å². The van der Waals surface area contributed by atoms with Crippen molar-refractivity contribution in [2.45, 2.75) is 64.0 Å². The number of ether oxygens (including phenoxy) is 1. The van der Waals surface area contributed by atoms with Gasteiger partial charge in [0.05, 0.1) is 7.11 Å². The maximum atomic E-state index is 11.6. The van der Waals surface area contributed by atoms with Crippen LogP contribution in [0.5, 0.6) is 0 Å². The maximum Gasteiger partial charge on any atom is 0.348 e. The lowest BCUT2D eigenvalue weighted by molar-refractivity contribution is 0.0606. The lowest BCUT2D eigenvalue weighted by atomic mass is 9.89. The van der Waals surface area contributed by atoms with Crippen molar-refractivity contribution >= 4 is 43.3 Å². The van der Waals surface area contributed by atoms with E-state index in [2.05, 4.69) is 52.9 Å². The fourth-order valence-electron chi connectivity index (χ4n) is 3.52. The summed E-state index contributed by atoms with van der Waals surface area (Å²) < 4.78 is 11.3. The van der Waals surface area contributed by atoms with Crippen LogP contribution in [0, 0.1) is 17.8 Å². The Kier molecular flexibility index (Phi) is 7.99. The van der Waals surface area contributed by atoms with Gasteiger partial charge in [-0.3, -0.25) is 0 Å². The zero-order valence-electron chi connectivity index (χ0n) is 18.3. The average molecular weight is 443 g/mol. The van der Waals surface area contributed by atoms with Crippen molar-refractivity contribution in [1.82, 2.24) is 0 Å². The highest BCUT2D eigenvalue weighted by Gasteiger charge is 2.43. The summed E-state index contributed by atoms with van der Waals surface area (Å²) in [5.41, 5.74) is 0. The highest BCUT2D eigenvalue weighted by Crippen LogP contribution is 2.44. The second kappa shape index (κ2) is 9.46. The fraction of sp³-hybridized carbons (Fsp3) is 0.682. The monoisotopic (exact) mass is 442 g/mol. The number of thiophene rings is 1. The standard InChI is InChI=1S/C22H35ClO3SSi/c1-15-13-19(23)17(18(15)14-26-28(6,7)22(2,3)4)10-8-9-16-11-12-20(27-16)21(24)25-5/h8-9,11-12,15,17-19H,10,13-14H2,1-7H3/b9-8+/t15-,17-,18+,19-/m1/s1. The maximum absolute atomic E-state index is 11.6. The Morgan fingerprint density at radius 3 is 2.61 bits per heavy atom. The molecule has 1 aromatic rings. The van der Waals surface area contributed by atoms with E-state index in [1.807, 2.05) is 12.1 Å². The Labute approximate surface area is 180 Å². The van der Waals surface area contributed by atoms with Crippen LogP contribution in [-0.2, 0) is 9.16 Å². The number of allylic oxidation sites excluding steroid dienone is 1. The van der Waals surface area contributed by atoms with Crippen molar-refractivity contribution in [2.75, 3.05) is 13.7 Å². The van der Waals surface area contributed by atoms with Gasteiger partial charge in [0.25, 0.3) is 0 Å². The van der Waals surface area contributed by atoms with Gasteiger partial charge in [-0.1, -0.05) is 33.8 Å². The molecular formula is C22H35ClO3SSi. The molecule has 1 aromatic heterocycles. The van der Waals surface area contributed by atoms with Crippen LogP contribution >= 0.6 is 22.9 Å². The molecule has 0 N–H and O–H groups in total. The number of halogens is 1. The average Bonchev–Trinajstić information content (AvgIpc) is 3.16. The molecule has 6 heteroatoms. The molecule has 1 saturated carbocycles. The smallest absolute Gasteiger partial charge is 0.348 e. The van der Waals surface area contributed by atoms with Gasteiger partial charge in [0.15, 0.2) is 8.32 Å². The highest BCUT2D eigenvalue weighted by molar-refractivity contribution is 7.14. The quantitative estimate of drug-likeness (QED) is 0.263. The molecule has 4 atom stereocenters. The summed E-state index contributed by atoms with van der Waals surface area (Å²) >= 11 is 8.17. The second-order valence-electron chi connectivity index (χ2n) is 9.46. The predicted octanol–water partition coefficient (Wildman–Crippen LogP) is 6.84. The number of hydrogen-bond donors (Lipinski definition) is 0. The molecule has 0 bridgehead atoms. The van der Waals surface area contributed by atoms with Crippen LogP contribution in [0.1, 0.15) is 55.1 Å². The molecule has 158 valence electrons. The molecule has 1 aliphatic rings. The number of methoxy groups -OCH3 is 1. The lowest BCUT2D eigenvalue weighted by Gasteiger charge is -2.38. The first-order chi connectivity index (χ1) is 13.0. The largest absolute Gasteiger partial charge is 0.465 e. The lowest BCUT2D eigenvalue weighted by Crippen LogP contribution is -2.42. The molecule has 0 aromatic carbocycles. The van der Waals surface area contributed by atoms with Crippen LogP contribution in [0.15, 0.2) is 18.2 Å². The Morgan fingerprint density at radius 1 is 1.32 bits per heavy atom. The SMILES string of the molecule is COC(=O)c1ccc(/C=C/C[C@@H]2[C@@H](CO[Si](C)(C)C(C)(C)C)[C@H](C)C[C@H]2Cl)s1. The van der Waals surface area contributed by atoms with E-state index in [1.54, 1.807) is 0 Å². The summed E-state index contributed by atoms with van der Waals surface area (Å²) in [6.45, 7) is 14.6. The number of carbonyl (C=O) groups is 1. The van der Waals surface area contributed by atoms with E-state index in [0.717, 1.165) is 24.3 Å². The summed E-state index contributed by atoms with van der Waals surface area (Å²) in [4.78, 5) is 13.3. The second-order valence-corrected chi connectivity index (χ2v) is 15.9. The molecule has 0 radical (unpaired) electrons. The molecule has 0 unspecified atom stereocenters. The normalized spacial score (nSPS) is 26.1. The Morgan fingerprint density at radius 2 is 2.00 bits per heavy atom. The van der Waals surface area contributed by atoms with E-state index in [9.17, 15) is 4.79 Å². The van der Waals surface area contributed by atoms with Crippen molar-refractivity contribution in [3.8, 4) is 0 Å². The van der Waals surface area contributed by atoms with Crippen molar-refractivity contribution in [2.24, 2.45) is 17.8 Å². The molecule has 0 saturated heterocycles. The molecule has 3 nitrogen and oxygen atoms in total. The zero-order chi connectivity index (χ0) is 21.1. The summed E-state index contributed by atoms with van der Waals surface area (Å²) in [6, 6.07) is 3.77. The van der Waals surface area contributed by atoms with Gasteiger partial charge in [-0.2, -0.15) is 0 Å². The molecule has 1 aliphatic carbocycles. The van der Waals surface area contributed by atoms with E-state index in [1.165, 1.54) is 18.4 Å². The first kappa shape index (κ1) is 23.7. The van der Waals surface area contributed by atoms with E-state index in [0.29, 0.717) is 22.6 Å². The number of hydrogen-bond acceptors (Lipinski definition) is 4. The minimum absolute atomic E-state index is 0.196. The van der Waals surface area contributed by atoms with E-state index in [-0.39, 0.29) is 16.4 Å². The highest BCUT2D eigenvalue weighted by atomic mass is 35.5. The molecular weight excluding hydrogens is 408 g/mol. The Bertz CT molecular complexity index is 692. The van der Waals surface area contributed by atoms with Gasteiger partial charge in [-0.15, -0.1) is 22.9 Å². The van der Waals surface area contributed by atoms with Gasteiger partial charge in [0.2, 0.25) is 0 Å². The first-order valence-corrected chi connectivity index (χ1v) is 14.2. The van der Waals surface area contributed by atoms with Crippen LogP contribution < -0.4 is 0 Å². The predicted molar refractivity (Wildman–Crippen MR) is 123 cm³/mol. The molecule has 28 heavy (non-hydrogen) atoms. The van der Waals surface area contributed by atoms with E-state index in [4.69, 9.17) is 20.8 Å². The molecule has 1 heterocycles. The van der Waals surface area contributed by atoms with Crippen LogP contribution in [0.3, 0.4) is 0 Å². The van der Waals surface area contributed by atoms with Gasteiger partial charge in [0, 0.05) is 16.9 Å².